The molecule has 0 saturated heterocycles. The van der Waals surface area contributed by atoms with Gasteiger partial charge in [-0.15, -0.1) is 0 Å². The fourth-order valence-corrected chi connectivity index (χ4v) is 3.62. The van der Waals surface area contributed by atoms with Crippen LogP contribution in [-0.2, 0) is 0 Å². The van der Waals surface area contributed by atoms with Gasteiger partial charge >= 0.3 is 0 Å². The minimum absolute atomic E-state index is 0.106. The van der Waals surface area contributed by atoms with Gasteiger partial charge in [0.2, 0.25) is 5.95 Å². The van der Waals surface area contributed by atoms with Gasteiger partial charge in [-0.25, -0.2) is 4.98 Å². The number of halogens is 1. The Morgan fingerprint density at radius 1 is 1.27 bits per heavy atom. The van der Waals surface area contributed by atoms with E-state index in [1.807, 2.05) is 25.1 Å². The second-order valence-corrected chi connectivity index (χ2v) is 7.27. The molecule has 6 nitrogen and oxygen atoms in total. The summed E-state index contributed by atoms with van der Waals surface area (Å²) in [5.41, 5.74) is 0.601. The van der Waals surface area contributed by atoms with Crippen molar-refractivity contribution in [3.05, 3.63) is 46.6 Å². The molecule has 7 heteroatoms. The number of carbonyl (C=O) groups is 1. The summed E-state index contributed by atoms with van der Waals surface area (Å²) >= 11 is 3.44. The molecule has 1 aliphatic rings. The maximum Gasteiger partial charge on any atom is 0.260 e. The highest BCUT2D eigenvalue weighted by Gasteiger charge is 2.22. The van der Waals surface area contributed by atoms with Crippen molar-refractivity contribution < 1.29 is 9.90 Å². The maximum absolute atomic E-state index is 12.9. The smallest absolute Gasteiger partial charge is 0.260 e. The molecule has 1 fully saturated rings. The van der Waals surface area contributed by atoms with E-state index in [9.17, 15) is 9.90 Å². The first kappa shape index (κ1) is 18.8. The van der Waals surface area contributed by atoms with Crippen LogP contribution in [0, 0.1) is 0 Å². The Hall–Kier alpha value is -1.99. The van der Waals surface area contributed by atoms with Gasteiger partial charge in [-0.05, 0) is 66.7 Å². The number of nitrogens with one attached hydrogen (secondary N) is 1. The van der Waals surface area contributed by atoms with E-state index in [4.69, 9.17) is 0 Å². The summed E-state index contributed by atoms with van der Waals surface area (Å²) in [7, 11) is 0. The van der Waals surface area contributed by atoms with Gasteiger partial charge in [-0.3, -0.25) is 9.69 Å². The molecule has 0 spiro atoms. The van der Waals surface area contributed by atoms with E-state index in [1.54, 1.807) is 23.2 Å². The highest BCUT2D eigenvalue weighted by Crippen LogP contribution is 2.23. The first-order chi connectivity index (χ1) is 12.6. The zero-order valence-corrected chi connectivity index (χ0v) is 16.3. The standard InChI is InChI=1S/C19H23BrN4O2/c1-2-24(18(26)15-5-3-4-6-16(15)20)17-11-12-21-19(23-17)22-13-7-9-14(25)10-8-13/h3-6,11-14,25H,2,7-10H2,1H3,(H,21,22,23). The molecule has 0 atom stereocenters. The van der Waals surface area contributed by atoms with Crippen LogP contribution in [-0.4, -0.2) is 39.7 Å². The number of hydrogen-bond donors (Lipinski definition) is 2. The van der Waals surface area contributed by atoms with Crippen molar-refractivity contribution in [1.82, 2.24) is 9.97 Å². The number of benzene rings is 1. The number of amides is 1. The Kier molecular flexibility index (Phi) is 6.21. The normalized spacial score (nSPS) is 19.8. The van der Waals surface area contributed by atoms with E-state index in [2.05, 4.69) is 31.2 Å². The molecule has 1 aromatic carbocycles. The van der Waals surface area contributed by atoms with Crippen molar-refractivity contribution in [2.75, 3.05) is 16.8 Å². The summed E-state index contributed by atoms with van der Waals surface area (Å²) in [5.74, 6) is 0.981. The summed E-state index contributed by atoms with van der Waals surface area (Å²) in [6, 6.07) is 9.37. The molecule has 26 heavy (non-hydrogen) atoms. The lowest BCUT2D eigenvalue weighted by atomic mass is 9.93. The topological polar surface area (TPSA) is 78.4 Å². The average Bonchev–Trinajstić information content (AvgIpc) is 2.65. The molecule has 2 aromatic rings. The first-order valence-electron chi connectivity index (χ1n) is 8.92. The molecule has 0 unspecified atom stereocenters. The lowest BCUT2D eigenvalue weighted by Gasteiger charge is -2.26. The van der Waals surface area contributed by atoms with Crippen molar-refractivity contribution in [3.8, 4) is 0 Å². The molecule has 0 aliphatic heterocycles. The second kappa shape index (κ2) is 8.60. The monoisotopic (exact) mass is 418 g/mol. The van der Waals surface area contributed by atoms with Crippen LogP contribution in [0.3, 0.4) is 0 Å². The van der Waals surface area contributed by atoms with Crippen LogP contribution in [0.5, 0.6) is 0 Å². The molecule has 3 rings (SSSR count). The zero-order chi connectivity index (χ0) is 18.5. The van der Waals surface area contributed by atoms with E-state index >= 15 is 0 Å². The molecular weight excluding hydrogens is 396 g/mol. The molecule has 1 amide bonds. The van der Waals surface area contributed by atoms with Crippen LogP contribution in [0.15, 0.2) is 41.0 Å². The molecule has 0 bridgehead atoms. The SMILES string of the molecule is CCN(C(=O)c1ccccc1Br)c1ccnc(NC2CCC(O)CC2)n1. The highest BCUT2D eigenvalue weighted by atomic mass is 79.9. The Balaban J connectivity index is 1.77. The predicted molar refractivity (Wildman–Crippen MR) is 105 cm³/mol. The van der Waals surface area contributed by atoms with Crippen molar-refractivity contribution >= 4 is 33.6 Å². The number of rotatable bonds is 5. The fourth-order valence-electron chi connectivity index (χ4n) is 3.16. The van der Waals surface area contributed by atoms with Crippen LogP contribution >= 0.6 is 15.9 Å². The molecule has 138 valence electrons. The Labute approximate surface area is 161 Å². The molecular formula is C19H23BrN4O2. The number of aromatic nitrogens is 2. The number of anilines is 2. The molecule has 1 saturated carbocycles. The Morgan fingerprint density at radius 3 is 2.69 bits per heavy atom. The highest BCUT2D eigenvalue weighted by molar-refractivity contribution is 9.10. The molecule has 2 N–H and O–H groups in total. The predicted octanol–water partition coefficient (Wildman–Crippen LogP) is 3.62. The Morgan fingerprint density at radius 2 is 2.00 bits per heavy atom. The van der Waals surface area contributed by atoms with Crippen LogP contribution in [0.4, 0.5) is 11.8 Å². The molecule has 1 aromatic heterocycles. The van der Waals surface area contributed by atoms with Gasteiger partial charge < -0.3 is 10.4 Å². The van der Waals surface area contributed by atoms with Gasteiger partial charge in [0.15, 0.2) is 0 Å². The van der Waals surface area contributed by atoms with Crippen molar-refractivity contribution in [1.29, 1.82) is 0 Å². The van der Waals surface area contributed by atoms with Gasteiger partial charge in [0.1, 0.15) is 5.82 Å². The number of hydrogen-bond acceptors (Lipinski definition) is 5. The Bertz CT molecular complexity index is 763. The quantitative estimate of drug-likeness (QED) is 0.774. The lowest BCUT2D eigenvalue weighted by molar-refractivity contribution is 0.0986. The van der Waals surface area contributed by atoms with Gasteiger partial charge in [0.05, 0.1) is 11.7 Å². The van der Waals surface area contributed by atoms with Crippen LogP contribution < -0.4 is 10.2 Å². The van der Waals surface area contributed by atoms with Crippen LogP contribution in [0.2, 0.25) is 0 Å². The maximum atomic E-state index is 12.9. The van der Waals surface area contributed by atoms with Crippen molar-refractivity contribution in [3.63, 3.8) is 0 Å². The van der Waals surface area contributed by atoms with Crippen LogP contribution in [0.25, 0.3) is 0 Å². The van der Waals surface area contributed by atoms with Crippen LogP contribution in [0.1, 0.15) is 43.0 Å². The number of nitrogens with zero attached hydrogens (tertiary/aromatic N) is 3. The van der Waals surface area contributed by atoms with E-state index in [1.165, 1.54) is 0 Å². The van der Waals surface area contributed by atoms with E-state index in [0.717, 1.165) is 30.2 Å². The van der Waals surface area contributed by atoms with Crippen molar-refractivity contribution in [2.45, 2.75) is 44.8 Å². The van der Waals surface area contributed by atoms with Gasteiger partial charge in [-0.1, -0.05) is 12.1 Å². The second-order valence-electron chi connectivity index (χ2n) is 6.42. The van der Waals surface area contributed by atoms with Gasteiger partial charge in [0, 0.05) is 23.3 Å². The minimum Gasteiger partial charge on any atom is -0.393 e. The summed E-state index contributed by atoms with van der Waals surface area (Å²) in [4.78, 5) is 23.4. The number of carbonyl (C=O) groups excluding carboxylic acids is 1. The van der Waals surface area contributed by atoms with E-state index in [0.29, 0.717) is 23.9 Å². The third kappa shape index (κ3) is 4.40. The lowest BCUT2D eigenvalue weighted by Crippen LogP contribution is -2.32. The van der Waals surface area contributed by atoms with Gasteiger partial charge in [0.25, 0.3) is 5.91 Å². The van der Waals surface area contributed by atoms with Gasteiger partial charge in [-0.2, -0.15) is 4.98 Å². The minimum atomic E-state index is -0.196. The summed E-state index contributed by atoms with van der Waals surface area (Å²) < 4.78 is 0.761. The summed E-state index contributed by atoms with van der Waals surface area (Å²) in [5, 5.41) is 13.0. The first-order valence-corrected chi connectivity index (χ1v) is 9.71. The molecule has 1 aliphatic carbocycles. The van der Waals surface area contributed by atoms with E-state index in [-0.39, 0.29) is 18.1 Å². The fraction of sp³-hybridized carbons (Fsp3) is 0.421. The largest absolute Gasteiger partial charge is 0.393 e. The molecule has 1 heterocycles. The molecule has 0 radical (unpaired) electrons. The number of aliphatic hydroxyl groups excluding tert-OH is 1. The third-order valence-electron chi connectivity index (χ3n) is 4.61. The summed E-state index contributed by atoms with van der Waals surface area (Å²) in [6.07, 6.45) is 4.83. The van der Waals surface area contributed by atoms with E-state index < -0.39 is 0 Å². The third-order valence-corrected chi connectivity index (χ3v) is 5.30. The zero-order valence-electron chi connectivity index (χ0n) is 14.7. The average molecular weight is 419 g/mol. The number of aliphatic hydroxyl groups is 1. The summed E-state index contributed by atoms with van der Waals surface area (Å²) in [6.45, 7) is 2.43. The van der Waals surface area contributed by atoms with Crippen molar-refractivity contribution in [2.24, 2.45) is 0 Å².